The van der Waals surface area contributed by atoms with Crippen molar-refractivity contribution in [2.24, 2.45) is 0 Å². The van der Waals surface area contributed by atoms with Crippen LogP contribution < -0.4 is 10.1 Å². The first-order chi connectivity index (χ1) is 10.6. The molecule has 0 bridgehead atoms. The minimum Gasteiger partial charge on any atom is -0.484 e. The molecule has 0 spiro atoms. The fourth-order valence-electron chi connectivity index (χ4n) is 3.12. The van der Waals surface area contributed by atoms with Gasteiger partial charge in [-0.2, -0.15) is 0 Å². The molecule has 0 aromatic heterocycles. The Balaban J connectivity index is 1.44. The van der Waals surface area contributed by atoms with Crippen LogP contribution in [0.4, 0.5) is 0 Å². The zero-order valence-electron chi connectivity index (χ0n) is 12.6. The van der Waals surface area contributed by atoms with Crippen LogP contribution >= 0.6 is 11.6 Å². The predicted molar refractivity (Wildman–Crippen MR) is 84.3 cm³/mol. The Bertz CT molecular complexity index is 540. The van der Waals surface area contributed by atoms with Crippen LogP contribution in [0.2, 0.25) is 5.02 Å². The molecule has 0 saturated carbocycles. The van der Waals surface area contributed by atoms with Gasteiger partial charge in [-0.05, 0) is 31.5 Å². The molecule has 120 valence electrons. The summed E-state index contributed by atoms with van der Waals surface area (Å²) in [5.74, 6) is 0.507. The molecular weight excluding hydrogens is 304 g/mol. The van der Waals surface area contributed by atoms with E-state index in [1.165, 1.54) is 0 Å². The van der Waals surface area contributed by atoms with E-state index in [2.05, 4.69) is 17.1 Å². The van der Waals surface area contributed by atoms with Crippen molar-refractivity contribution in [3.8, 4) is 5.75 Å². The fraction of sp³-hybridized carbons (Fsp3) is 0.562. The van der Waals surface area contributed by atoms with E-state index in [4.69, 9.17) is 21.1 Å². The van der Waals surface area contributed by atoms with Crippen molar-refractivity contribution in [3.05, 3.63) is 29.3 Å². The number of carbonyl (C=O) groups is 1. The lowest BCUT2D eigenvalue weighted by molar-refractivity contribution is -0.123. The first-order valence-electron chi connectivity index (χ1n) is 7.63. The van der Waals surface area contributed by atoms with Gasteiger partial charge in [-0.1, -0.05) is 17.7 Å². The average molecular weight is 325 g/mol. The molecule has 1 aromatic carbocycles. The van der Waals surface area contributed by atoms with Gasteiger partial charge < -0.3 is 14.8 Å². The second-order valence-corrected chi connectivity index (χ2v) is 6.43. The molecule has 1 aromatic rings. The molecule has 3 rings (SSSR count). The van der Waals surface area contributed by atoms with Crippen LogP contribution in [0.5, 0.6) is 5.75 Å². The molecule has 2 fully saturated rings. The van der Waals surface area contributed by atoms with Gasteiger partial charge in [0.25, 0.3) is 5.91 Å². The Labute approximate surface area is 135 Å². The van der Waals surface area contributed by atoms with E-state index in [1.54, 1.807) is 24.3 Å². The Kier molecular flexibility index (Phi) is 4.86. The van der Waals surface area contributed by atoms with Crippen molar-refractivity contribution in [1.29, 1.82) is 0 Å². The summed E-state index contributed by atoms with van der Waals surface area (Å²) in [5, 5.41) is 3.64. The van der Waals surface area contributed by atoms with Gasteiger partial charge in [0.2, 0.25) is 0 Å². The summed E-state index contributed by atoms with van der Waals surface area (Å²) >= 11 is 5.88. The molecule has 6 heteroatoms. The molecule has 2 aliphatic rings. The summed E-state index contributed by atoms with van der Waals surface area (Å²) in [6, 6.07) is 7.65. The lowest BCUT2D eigenvalue weighted by Crippen LogP contribution is -2.45. The van der Waals surface area contributed by atoms with E-state index in [1.807, 2.05) is 0 Å². The van der Waals surface area contributed by atoms with Gasteiger partial charge in [0, 0.05) is 30.2 Å². The minimum atomic E-state index is -0.0983. The summed E-state index contributed by atoms with van der Waals surface area (Å²) in [6.07, 6.45) is 1.21. The average Bonchev–Trinajstić information content (AvgIpc) is 2.86. The van der Waals surface area contributed by atoms with Crippen molar-refractivity contribution in [1.82, 2.24) is 10.2 Å². The molecule has 0 radical (unpaired) electrons. The predicted octanol–water partition coefficient (Wildman–Crippen LogP) is 1.70. The number of benzene rings is 1. The normalized spacial score (nSPS) is 28.2. The number of hydrogen-bond acceptors (Lipinski definition) is 4. The third-order valence-corrected chi connectivity index (χ3v) is 4.36. The van der Waals surface area contributed by atoms with E-state index < -0.39 is 0 Å². The van der Waals surface area contributed by atoms with Crippen molar-refractivity contribution in [2.75, 3.05) is 26.3 Å². The van der Waals surface area contributed by atoms with Crippen molar-refractivity contribution >= 4 is 17.5 Å². The molecule has 2 aliphatic heterocycles. The molecule has 3 atom stereocenters. The Hall–Kier alpha value is -1.30. The molecular formula is C16H21ClN2O3. The van der Waals surface area contributed by atoms with Crippen LogP contribution in [0.1, 0.15) is 13.3 Å². The minimum absolute atomic E-state index is 0.00834. The van der Waals surface area contributed by atoms with Gasteiger partial charge in [-0.25, -0.2) is 0 Å². The van der Waals surface area contributed by atoms with E-state index in [9.17, 15) is 4.79 Å². The lowest BCUT2D eigenvalue weighted by Gasteiger charge is -2.33. The highest BCUT2D eigenvalue weighted by atomic mass is 35.5. The molecule has 0 unspecified atom stereocenters. The van der Waals surface area contributed by atoms with E-state index >= 15 is 0 Å². The monoisotopic (exact) mass is 324 g/mol. The Morgan fingerprint density at radius 2 is 2.36 bits per heavy atom. The lowest BCUT2D eigenvalue weighted by atomic mass is 10.1. The zero-order valence-corrected chi connectivity index (χ0v) is 13.4. The maximum absolute atomic E-state index is 12.0. The molecule has 22 heavy (non-hydrogen) atoms. The van der Waals surface area contributed by atoms with Crippen LogP contribution in [0, 0.1) is 0 Å². The van der Waals surface area contributed by atoms with Gasteiger partial charge in [-0.15, -0.1) is 0 Å². The fourth-order valence-corrected chi connectivity index (χ4v) is 3.30. The van der Waals surface area contributed by atoms with Crippen LogP contribution in [0.3, 0.4) is 0 Å². The van der Waals surface area contributed by atoms with Gasteiger partial charge >= 0.3 is 0 Å². The number of morpholine rings is 1. The second-order valence-electron chi connectivity index (χ2n) is 6.00. The van der Waals surface area contributed by atoms with Crippen LogP contribution in [0.25, 0.3) is 0 Å². The van der Waals surface area contributed by atoms with Crippen LogP contribution in [-0.2, 0) is 9.53 Å². The summed E-state index contributed by atoms with van der Waals surface area (Å²) in [4.78, 5) is 14.4. The number of fused-ring (bicyclic) bond motifs is 1. The molecule has 2 saturated heterocycles. The quantitative estimate of drug-likeness (QED) is 0.916. The Morgan fingerprint density at radius 1 is 1.50 bits per heavy atom. The third-order valence-electron chi connectivity index (χ3n) is 4.12. The highest BCUT2D eigenvalue weighted by Crippen LogP contribution is 2.23. The number of hydrogen-bond donors (Lipinski definition) is 1. The SMILES string of the molecule is C[C@H]1CN2C[C@H](NC(=O)COc3cccc(Cl)c3)C[C@H]2CO1. The van der Waals surface area contributed by atoms with Crippen molar-refractivity contribution < 1.29 is 14.3 Å². The number of carbonyl (C=O) groups excluding carboxylic acids is 1. The number of nitrogens with zero attached hydrogens (tertiary/aromatic N) is 1. The molecule has 1 amide bonds. The number of halogens is 1. The molecule has 5 nitrogen and oxygen atoms in total. The maximum atomic E-state index is 12.0. The summed E-state index contributed by atoms with van der Waals surface area (Å²) < 4.78 is 11.1. The van der Waals surface area contributed by atoms with Gasteiger partial charge in [-0.3, -0.25) is 9.69 Å². The second kappa shape index (κ2) is 6.86. The van der Waals surface area contributed by atoms with Gasteiger partial charge in [0.15, 0.2) is 6.61 Å². The topological polar surface area (TPSA) is 50.8 Å². The first-order valence-corrected chi connectivity index (χ1v) is 8.01. The zero-order chi connectivity index (χ0) is 15.5. The van der Waals surface area contributed by atoms with E-state index in [-0.39, 0.29) is 24.7 Å². The summed E-state index contributed by atoms with van der Waals surface area (Å²) in [7, 11) is 0. The smallest absolute Gasteiger partial charge is 0.258 e. The number of rotatable bonds is 4. The Morgan fingerprint density at radius 3 is 3.18 bits per heavy atom. The number of nitrogens with one attached hydrogen (secondary N) is 1. The molecule has 1 N–H and O–H groups in total. The highest BCUT2D eigenvalue weighted by molar-refractivity contribution is 6.30. The maximum Gasteiger partial charge on any atom is 0.258 e. The summed E-state index contributed by atoms with van der Waals surface area (Å²) in [6.45, 7) is 4.68. The standard InChI is InChI=1S/C16H21ClN2O3/c1-11-7-19-8-13(6-14(19)9-21-11)18-16(20)10-22-15-4-2-3-12(17)5-15/h2-5,11,13-14H,6-10H2,1H3,(H,18,20)/t11-,13+,14-/m0/s1. The summed E-state index contributed by atoms with van der Waals surface area (Å²) in [5.41, 5.74) is 0. The molecule has 2 heterocycles. The van der Waals surface area contributed by atoms with Crippen molar-refractivity contribution in [2.45, 2.75) is 31.5 Å². The molecule has 0 aliphatic carbocycles. The van der Waals surface area contributed by atoms with Gasteiger partial charge in [0.05, 0.1) is 12.7 Å². The largest absolute Gasteiger partial charge is 0.484 e. The van der Waals surface area contributed by atoms with E-state index in [0.29, 0.717) is 16.8 Å². The van der Waals surface area contributed by atoms with E-state index in [0.717, 1.165) is 26.1 Å². The van der Waals surface area contributed by atoms with Crippen LogP contribution in [0.15, 0.2) is 24.3 Å². The van der Waals surface area contributed by atoms with Crippen molar-refractivity contribution in [3.63, 3.8) is 0 Å². The third kappa shape index (κ3) is 3.91. The van der Waals surface area contributed by atoms with Crippen LogP contribution in [-0.4, -0.2) is 55.3 Å². The van der Waals surface area contributed by atoms with Gasteiger partial charge in [0.1, 0.15) is 5.75 Å². The highest BCUT2D eigenvalue weighted by Gasteiger charge is 2.36. The first kappa shape index (κ1) is 15.6. The number of amides is 1. The number of ether oxygens (including phenoxy) is 2.